The molecule has 0 amide bonds. The molecule has 2 aromatic rings. The Hall–Kier alpha value is -2.34. The second-order valence-corrected chi connectivity index (χ2v) is 24.8. The van der Waals surface area contributed by atoms with Crippen LogP contribution in [0.4, 0.5) is 0 Å². The quantitative estimate of drug-likeness (QED) is 0.176. The summed E-state index contributed by atoms with van der Waals surface area (Å²) < 4.78 is 0. The fourth-order valence-corrected chi connectivity index (χ4v) is 16.0. The molecule has 7 aliphatic rings. The molecule has 67 heavy (non-hydrogen) atoms. The summed E-state index contributed by atoms with van der Waals surface area (Å²) in [6, 6.07) is 18.6. The SMILES string of the molecule is C=CC1CCC(C2CCC(C3CCC(CCC)CC3)CC2)CC1.C=CC1CCC(C2CCC(c3ccc(C)cc3)CC2)CC1.C=CCCC1CCC(C2CCC(c3ccc(C)cc3)CC2)CC1. The fraction of sp³-hybridized carbons (Fsp3) is 0.731. The number of allylic oxidation sites excluding steroid dienone is 3. The van der Waals surface area contributed by atoms with Crippen LogP contribution in [0.15, 0.2) is 86.5 Å². The summed E-state index contributed by atoms with van der Waals surface area (Å²) in [5.74, 6) is 13.8. The van der Waals surface area contributed by atoms with Crippen LogP contribution in [0.25, 0.3) is 0 Å². The van der Waals surface area contributed by atoms with Gasteiger partial charge >= 0.3 is 0 Å². The van der Waals surface area contributed by atoms with Gasteiger partial charge in [0.2, 0.25) is 0 Å². The molecule has 372 valence electrons. The van der Waals surface area contributed by atoms with Crippen LogP contribution in [0, 0.1) is 84.9 Å². The average molecular weight is 910 g/mol. The average Bonchev–Trinajstić information content (AvgIpc) is 3.39. The molecule has 9 rings (SSSR count). The zero-order valence-electron chi connectivity index (χ0n) is 44.2. The van der Waals surface area contributed by atoms with Crippen LogP contribution in [0.5, 0.6) is 0 Å². The number of rotatable bonds is 13. The summed E-state index contributed by atoms with van der Waals surface area (Å²) in [5.41, 5.74) is 5.93. The van der Waals surface area contributed by atoms with Gasteiger partial charge in [0.1, 0.15) is 0 Å². The summed E-state index contributed by atoms with van der Waals surface area (Å²) in [6.45, 7) is 18.6. The first-order chi connectivity index (χ1) is 32.8. The van der Waals surface area contributed by atoms with E-state index in [9.17, 15) is 0 Å². The van der Waals surface area contributed by atoms with E-state index in [1.165, 1.54) is 165 Å². The zero-order chi connectivity index (χ0) is 46.8. The fourth-order valence-electron chi connectivity index (χ4n) is 16.0. The van der Waals surface area contributed by atoms with Crippen molar-refractivity contribution in [2.75, 3.05) is 0 Å². The van der Waals surface area contributed by atoms with Crippen molar-refractivity contribution in [3.05, 3.63) is 109 Å². The van der Waals surface area contributed by atoms with E-state index in [-0.39, 0.29) is 0 Å². The van der Waals surface area contributed by atoms with Gasteiger partial charge in [-0.1, -0.05) is 123 Å². The normalized spacial score (nSPS) is 35.9. The number of aryl methyl sites for hydroxylation is 2. The third-order valence-corrected chi connectivity index (χ3v) is 20.7. The van der Waals surface area contributed by atoms with Gasteiger partial charge in [-0.05, 0) is 275 Å². The maximum absolute atomic E-state index is 4.00. The maximum Gasteiger partial charge on any atom is -0.0162 e. The van der Waals surface area contributed by atoms with Crippen molar-refractivity contribution in [3.8, 4) is 0 Å². The lowest BCUT2D eigenvalue weighted by atomic mass is 9.65. The van der Waals surface area contributed by atoms with Crippen molar-refractivity contribution in [1.82, 2.24) is 0 Å². The minimum Gasteiger partial charge on any atom is -0.103 e. The van der Waals surface area contributed by atoms with E-state index >= 15 is 0 Å². The monoisotopic (exact) mass is 909 g/mol. The molecule has 0 bridgehead atoms. The van der Waals surface area contributed by atoms with Crippen LogP contribution in [-0.2, 0) is 0 Å². The van der Waals surface area contributed by atoms with Crippen molar-refractivity contribution < 1.29 is 0 Å². The van der Waals surface area contributed by atoms with Crippen molar-refractivity contribution >= 4 is 0 Å². The Balaban J connectivity index is 0.000000149. The first kappa shape index (κ1) is 52.5. The van der Waals surface area contributed by atoms with E-state index in [0.29, 0.717) is 0 Å². The lowest BCUT2D eigenvalue weighted by Gasteiger charge is -2.41. The largest absolute Gasteiger partial charge is 0.103 e. The van der Waals surface area contributed by atoms with Crippen LogP contribution in [-0.4, -0.2) is 0 Å². The number of hydrogen-bond donors (Lipinski definition) is 0. The number of benzene rings is 2. The maximum atomic E-state index is 4.00. The summed E-state index contributed by atoms with van der Waals surface area (Å²) in [5, 5.41) is 0. The van der Waals surface area contributed by atoms with Crippen LogP contribution < -0.4 is 0 Å². The van der Waals surface area contributed by atoms with E-state index in [1.54, 1.807) is 62.5 Å². The highest BCUT2D eigenvalue weighted by Gasteiger charge is 2.35. The Labute approximate surface area is 415 Å². The molecule has 0 heterocycles. The predicted octanol–water partition coefficient (Wildman–Crippen LogP) is 20.7. The zero-order valence-corrected chi connectivity index (χ0v) is 44.2. The third kappa shape index (κ3) is 16.1. The molecule has 2 aromatic carbocycles. The summed E-state index contributed by atoms with van der Waals surface area (Å²) in [7, 11) is 0. The molecule has 0 radical (unpaired) electrons. The first-order valence-corrected chi connectivity index (χ1v) is 29.8. The van der Waals surface area contributed by atoms with Crippen LogP contribution in [0.2, 0.25) is 0 Å². The van der Waals surface area contributed by atoms with Gasteiger partial charge < -0.3 is 0 Å². The highest BCUT2D eigenvalue weighted by atomic mass is 14.4. The molecule has 0 heteroatoms. The first-order valence-electron chi connectivity index (χ1n) is 29.8. The smallest absolute Gasteiger partial charge is 0.0162 e. The van der Waals surface area contributed by atoms with Gasteiger partial charge in [0.05, 0.1) is 0 Å². The van der Waals surface area contributed by atoms with Gasteiger partial charge in [-0.3, -0.25) is 0 Å². The topological polar surface area (TPSA) is 0 Å². The minimum absolute atomic E-state index is 0.810. The summed E-state index contributed by atoms with van der Waals surface area (Å²) in [6.07, 6.45) is 53.5. The molecule has 7 saturated carbocycles. The van der Waals surface area contributed by atoms with Gasteiger partial charge in [0, 0.05) is 0 Å². The second kappa shape index (κ2) is 27.9. The van der Waals surface area contributed by atoms with E-state index in [1.807, 2.05) is 0 Å². The van der Waals surface area contributed by atoms with E-state index < -0.39 is 0 Å². The molecular formula is C67H104. The van der Waals surface area contributed by atoms with Gasteiger partial charge in [-0.25, -0.2) is 0 Å². The Kier molecular flexibility index (Phi) is 21.9. The summed E-state index contributed by atoms with van der Waals surface area (Å²) in [4.78, 5) is 0. The third-order valence-electron chi connectivity index (χ3n) is 20.7. The van der Waals surface area contributed by atoms with E-state index in [0.717, 1.165) is 82.9 Å². The second-order valence-electron chi connectivity index (χ2n) is 24.8. The van der Waals surface area contributed by atoms with Gasteiger partial charge in [0.15, 0.2) is 0 Å². The molecule has 0 nitrogen and oxygen atoms in total. The standard InChI is InChI=1S/C23H34.C23H40.C21H30/c1-3-4-5-19-8-12-21(13-9-19)23-16-14-22(15-17-23)20-10-6-18(2)7-11-20;1-3-5-19-8-12-21(13-9-19)23-16-14-22(15-17-23)20-10-6-18(4-2)7-11-20;1-3-17-6-10-19(11-7-17)21-14-12-20(13-15-21)18-8-4-16(2)5-9-18/h3,6-7,10-11,19,21-23H,1,4-5,8-9,12-17H2,2H3;4,18-23H,2-3,5-17H2,1H3;3-5,8-9,17,19-21H,1,6-7,10-15H2,2H3. The molecule has 0 N–H and O–H groups in total. The predicted molar refractivity (Wildman–Crippen MR) is 294 cm³/mol. The van der Waals surface area contributed by atoms with E-state index in [2.05, 4.69) is 107 Å². The summed E-state index contributed by atoms with van der Waals surface area (Å²) >= 11 is 0. The molecule has 0 aromatic heterocycles. The van der Waals surface area contributed by atoms with Crippen molar-refractivity contribution in [1.29, 1.82) is 0 Å². The van der Waals surface area contributed by atoms with Crippen LogP contribution in [0.3, 0.4) is 0 Å². The van der Waals surface area contributed by atoms with Gasteiger partial charge in [-0.2, -0.15) is 0 Å². The molecule has 7 aliphatic carbocycles. The Morgan fingerprint density at radius 3 is 0.910 bits per heavy atom. The van der Waals surface area contributed by atoms with Crippen molar-refractivity contribution in [2.24, 2.45) is 71.0 Å². The van der Waals surface area contributed by atoms with E-state index in [4.69, 9.17) is 0 Å². The Morgan fingerprint density at radius 1 is 0.358 bits per heavy atom. The van der Waals surface area contributed by atoms with Crippen molar-refractivity contribution in [2.45, 2.75) is 238 Å². The lowest BCUT2D eigenvalue weighted by Crippen LogP contribution is -2.29. The minimum atomic E-state index is 0.810. The lowest BCUT2D eigenvalue weighted by molar-refractivity contribution is 0.107. The highest BCUT2D eigenvalue weighted by Crippen LogP contribution is 2.48. The molecule has 7 fully saturated rings. The molecular weight excluding hydrogens is 805 g/mol. The molecule has 0 atom stereocenters. The highest BCUT2D eigenvalue weighted by molar-refractivity contribution is 5.26. The Morgan fingerprint density at radius 2 is 0.627 bits per heavy atom. The van der Waals surface area contributed by atoms with Crippen LogP contribution in [0.1, 0.15) is 246 Å². The Bertz CT molecular complexity index is 1640. The van der Waals surface area contributed by atoms with Gasteiger partial charge in [0.25, 0.3) is 0 Å². The molecule has 0 spiro atoms. The molecule has 0 saturated heterocycles. The van der Waals surface area contributed by atoms with Gasteiger partial charge in [-0.15, -0.1) is 19.7 Å². The molecule has 0 unspecified atom stereocenters. The molecule has 0 aliphatic heterocycles. The van der Waals surface area contributed by atoms with Crippen molar-refractivity contribution in [3.63, 3.8) is 0 Å². The van der Waals surface area contributed by atoms with Crippen LogP contribution >= 0.6 is 0 Å². The number of hydrogen-bond acceptors (Lipinski definition) is 0.